The van der Waals surface area contributed by atoms with E-state index in [2.05, 4.69) is 15.6 Å². The molecule has 0 aliphatic heterocycles. The zero-order valence-electron chi connectivity index (χ0n) is 15.7. The first-order valence-corrected chi connectivity index (χ1v) is 8.81. The van der Waals surface area contributed by atoms with Crippen LogP contribution in [0.15, 0.2) is 66.9 Å². The highest BCUT2D eigenvalue weighted by molar-refractivity contribution is 6.05. The standard InChI is InChI=1S/C22H21N3O3/c1-15-7-9-16(10-8-15)14-24-21(26)17-11-12-23-19(13-17)22(27)25-18-5-3-4-6-20(18)28-2/h3-13H,14H2,1-2H3,(H,24,26)(H,25,27). The Morgan fingerprint density at radius 3 is 2.50 bits per heavy atom. The molecule has 0 aliphatic carbocycles. The number of para-hydroxylation sites is 2. The van der Waals surface area contributed by atoms with Gasteiger partial charge < -0.3 is 15.4 Å². The van der Waals surface area contributed by atoms with Gasteiger partial charge in [-0.2, -0.15) is 0 Å². The zero-order valence-corrected chi connectivity index (χ0v) is 15.7. The molecule has 28 heavy (non-hydrogen) atoms. The lowest BCUT2D eigenvalue weighted by atomic mass is 10.1. The van der Waals surface area contributed by atoms with Gasteiger partial charge in [-0.05, 0) is 36.8 Å². The Morgan fingerprint density at radius 2 is 1.75 bits per heavy atom. The van der Waals surface area contributed by atoms with Gasteiger partial charge in [0.15, 0.2) is 0 Å². The summed E-state index contributed by atoms with van der Waals surface area (Å²) in [5.74, 6) is -0.144. The molecule has 6 heteroatoms. The maximum Gasteiger partial charge on any atom is 0.274 e. The number of nitrogens with one attached hydrogen (secondary N) is 2. The van der Waals surface area contributed by atoms with Crippen LogP contribution in [0.2, 0.25) is 0 Å². The summed E-state index contributed by atoms with van der Waals surface area (Å²) in [6, 6.07) is 18.0. The van der Waals surface area contributed by atoms with Crippen LogP contribution >= 0.6 is 0 Å². The molecule has 0 saturated carbocycles. The highest BCUT2D eigenvalue weighted by Gasteiger charge is 2.13. The number of nitrogens with zero attached hydrogens (tertiary/aromatic N) is 1. The number of carbonyl (C=O) groups is 2. The minimum atomic E-state index is -0.419. The molecular weight excluding hydrogens is 354 g/mol. The zero-order chi connectivity index (χ0) is 19.9. The van der Waals surface area contributed by atoms with Crippen molar-refractivity contribution in [2.45, 2.75) is 13.5 Å². The van der Waals surface area contributed by atoms with Crippen molar-refractivity contribution in [1.29, 1.82) is 0 Å². The second kappa shape index (κ2) is 8.81. The average molecular weight is 375 g/mol. The summed E-state index contributed by atoms with van der Waals surface area (Å²) >= 11 is 0. The number of carbonyl (C=O) groups excluding carboxylic acids is 2. The van der Waals surface area contributed by atoms with Gasteiger partial charge in [-0.15, -0.1) is 0 Å². The minimum Gasteiger partial charge on any atom is -0.495 e. The molecule has 0 atom stereocenters. The molecule has 0 saturated heterocycles. The quantitative estimate of drug-likeness (QED) is 0.690. The van der Waals surface area contributed by atoms with Crippen LogP contribution in [0.1, 0.15) is 32.0 Å². The van der Waals surface area contributed by atoms with Gasteiger partial charge in [0, 0.05) is 18.3 Å². The molecule has 0 radical (unpaired) electrons. The van der Waals surface area contributed by atoms with Crippen LogP contribution in [0, 0.1) is 6.92 Å². The Morgan fingerprint density at radius 1 is 1.00 bits per heavy atom. The fraction of sp³-hybridized carbons (Fsp3) is 0.136. The smallest absolute Gasteiger partial charge is 0.274 e. The molecule has 2 aromatic carbocycles. The van der Waals surface area contributed by atoms with E-state index in [4.69, 9.17) is 4.74 Å². The van der Waals surface area contributed by atoms with E-state index in [0.29, 0.717) is 23.5 Å². The predicted octanol–water partition coefficient (Wildman–Crippen LogP) is 3.58. The van der Waals surface area contributed by atoms with E-state index in [-0.39, 0.29) is 11.6 Å². The normalized spacial score (nSPS) is 10.2. The maximum atomic E-state index is 12.5. The highest BCUT2D eigenvalue weighted by atomic mass is 16.5. The number of methoxy groups -OCH3 is 1. The van der Waals surface area contributed by atoms with E-state index in [1.807, 2.05) is 37.3 Å². The van der Waals surface area contributed by atoms with Gasteiger partial charge in [-0.25, -0.2) is 0 Å². The van der Waals surface area contributed by atoms with E-state index < -0.39 is 5.91 Å². The number of aryl methyl sites for hydroxylation is 1. The lowest BCUT2D eigenvalue weighted by Crippen LogP contribution is -2.23. The fourth-order valence-corrected chi connectivity index (χ4v) is 2.62. The van der Waals surface area contributed by atoms with E-state index in [9.17, 15) is 9.59 Å². The Hall–Kier alpha value is -3.67. The molecule has 0 unspecified atom stereocenters. The second-order valence-electron chi connectivity index (χ2n) is 6.25. The molecule has 142 valence electrons. The molecular formula is C22H21N3O3. The molecule has 1 aromatic heterocycles. The van der Waals surface area contributed by atoms with Gasteiger partial charge >= 0.3 is 0 Å². The highest BCUT2D eigenvalue weighted by Crippen LogP contribution is 2.23. The molecule has 2 amide bonds. The number of anilines is 1. The van der Waals surface area contributed by atoms with Crippen molar-refractivity contribution >= 4 is 17.5 Å². The summed E-state index contributed by atoms with van der Waals surface area (Å²) < 4.78 is 5.23. The third-order valence-corrected chi connectivity index (χ3v) is 4.18. The van der Waals surface area contributed by atoms with Crippen molar-refractivity contribution in [3.05, 3.63) is 89.2 Å². The Labute approximate surface area is 163 Å². The number of amides is 2. The van der Waals surface area contributed by atoms with Crippen LogP contribution < -0.4 is 15.4 Å². The Kier molecular flexibility index (Phi) is 6.01. The molecule has 3 aromatic rings. The van der Waals surface area contributed by atoms with Crippen LogP contribution in [-0.4, -0.2) is 23.9 Å². The third-order valence-electron chi connectivity index (χ3n) is 4.18. The van der Waals surface area contributed by atoms with Gasteiger partial charge in [-0.1, -0.05) is 42.0 Å². The summed E-state index contributed by atoms with van der Waals surface area (Å²) in [5.41, 5.74) is 3.21. The summed E-state index contributed by atoms with van der Waals surface area (Å²) in [4.78, 5) is 29.0. The van der Waals surface area contributed by atoms with Gasteiger partial charge in [0.1, 0.15) is 11.4 Å². The van der Waals surface area contributed by atoms with Crippen LogP contribution in [-0.2, 0) is 6.54 Å². The fourth-order valence-electron chi connectivity index (χ4n) is 2.62. The van der Waals surface area contributed by atoms with E-state index >= 15 is 0 Å². The molecule has 0 aliphatic rings. The largest absolute Gasteiger partial charge is 0.495 e. The van der Waals surface area contributed by atoms with E-state index in [0.717, 1.165) is 11.1 Å². The number of rotatable bonds is 6. The number of hydrogen-bond donors (Lipinski definition) is 2. The molecule has 6 nitrogen and oxygen atoms in total. The first-order chi connectivity index (χ1) is 13.6. The number of hydrogen-bond acceptors (Lipinski definition) is 4. The van der Waals surface area contributed by atoms with Crippen molar-refractivity contribution < 1.29 is 14.3 Å². The van der Waals surface area contributed by atoms with Crippen molar-refractivity contribution in [2.24, 2.45) is 0 Å². The first-order valence-electron chi connectivity index (χ1n) is 8.81. The first kappa shape index (κ1) is 19.1. The third kappa shape index (κ3) is 4.73. The van der Waals surface area contributed by atoms with Crippen LogP contribution in [0.3, 0.4) is 0 Å². The van der Waals surface area contributed by atoms with Crippen molar-refractivity contribution in [3.63, 3.8) is 0 Å². The van der Waals surface area contributed by atoms with Gasteiger partial charge in [0.05, 0.1) is 12.8 Å². The lowest BCUT2D eigenvalue weighted by molar-refractivity contribution is 0.0951. The minimum absolute atomic E-state index is 0.147. The van der Waals surface area contributed by atoms with Crippen molar-refractivity contribution in [1.82, 2.24) is 10.3 Å². The molecule has 0 bridgehead atoms. The van der Waals surface area contributed by atoms with Crippen LogP contribution in [0.25, 0.3) is 0 Å². The number of ether oxygens (including phenoxy) is 1. The summed E-state index contributed by atoms with van der Waals surface area (Å²) in [5, 5.41) is 5.60. The SMILES string of the molecule is COc1ccccc1NC(=O)c1cc(C(=O)NCc2ccc(C)cc2)ccn1. The van der Waals surface area contributed by atoms with Crippen molar-refractivity contribution in [3.8, 4) is 5.75 Å². The van der Waals surface area contributed by atoms with Crippen molar-refractivity contribution in [2.75, 3.05) is 12.4 Å². The summed E-state index contributed by atoms with van der Waals surface area (Å²) in [6.07, 6.45) is 1.44. The molecule has 0 fully saturated rings. The van der Waals surface area contributed by atoms with E-state index in [1.165, 1.54) is 19.4 Å². The maximum absolute atomic E-state index is 12.5. The van der Waals surface area contributed by atoms with Gasteiger partial charge in [0.25, 0.3) is 11.8 Å². The molecule has 0 spiro atoms. The van der Waals surface area contributed by atoms with E-state index in [1.54, 1.807) is 24.3 Å². The summed E-state index contributed by atoms with van der Waals surface area (Å²) in [7, 11) is 1.53. The van der Waals surface area contributed by atoms with Gasteiger partial charge in [-0.3, -0.25) is 14.6 Å². The predicted molar refractivity (Wildman–Crippen MR) is 108 cm³/mol. The van der Waals surface area contributed by atoms with Crippen LogP contribution in [0.4, 0.5) is 5.69 Å². The number of pyridine rings is 1. The number of aromatic nitrogens is 1. The monoisotopic (exact) mass is 375 g/mol. The molecule has 1 heterocycles. The Bertz CT molecular complexity index is 984. The lowest BCUT2D eigenvalue weighted by Gasteiger charge is -2.10. The van der Waals surface area contributed by atoms with Gasteiger partial charge in [0.2, 0.25) is 0 Å². The Balaban J connectivity index is 1.68. The van der Waals surface area contributed by atoms with Crippen LogP contribution in [0.5, 0.6) is 5.75 Å². The molecule has 2 N–H and O–H groups in total. The summed E-state index contributed by atoms with van der Waals surface area (Å²) in [6.45, 7) is 2.42. The topological polar surface area (TPSA) is 80.3 Å². The second-order valence-corrected chi connectivity index (χ2v) is 6.25. The molecule has 3 rings (SSSR count). The number of benzene rings is 2. The average Bonchev–Trinajstić information content (AvgIpc) is 2.73.